The first kappa shape index (κ1) is 38.1. The van der Waals surface area contributed by atoms with E-state index in [1.54, 1.807) is 11.1 Å². The van der Waals surface area contributed by atoms with E-state index in [2.05, 4.69) is 229 Å². The van der Waals surface area contributed by atoms with Crippen LogP contribution in [0.5, 0.6) is 0 Å². The normalized spacial score (nSPS) is 22.1. The van der Waals surface area contributed by atoms with Gasteiger partial charge in [-0.3, -0.25) is 0 Å². The van der Waals surface area contributed by atoms with Crippen LogP contribution in [0.25, 0.3) is 44.5 Å². The minimum absolute atomic E-state index is 0.0967. The summed E-state index contributed by atoms with van der Waals surface area (Å²) < 4.78 is 0. The molecule has 0 aliphatic heterocycles. The van der Waals surface area contributed by atoms with Crippen LogP contribution in [0.1, 0.15) is 65.5 Å². The number of fused-ring (bicyclic) bond motifs is 6. The molecule has 0 aromatic heterocycles. The van der Waals surface area contributed by atoms with Crippen molar-refractivity contribution in [1.29, 1.82) is 0 Å². The van der Waals surface area contributed by atoms with Crippen molar-refractivity contribution in [2.24, 2.45) is 23.7 Å². The maximum absolute atomic E-state index is 2.59. The molecule has 4 saturated carbocycles. The Kier molecular flexibility index (Phi) is 8.45. The van der Waals surface area contributed by atoms with Crippen LogP contribution < -0.4 is 4.90 Å². The standard InChI is InChI=1S/C65H51N/c1-4-18-45(19-5-1)46-34-36-51(37-35-46)66(61-33-17-31-59-63(61)55-26-11-14-29-57(55)64(59,47-20-6-2-7-21-47)48-22-8-3-9-23-48)60-32-15-12-24-52(60)53-27-16-30-58-62(53)54-25-10-13-28-56(54)65(58)49-39-43-38-44(41-49)42-50(65)40-43/h1-37,43-44,49-50H,38-42H2. The van der Waals surface area contributed by atoms with E-state index in [0.717, 1.165) is 17.5 Å². The lowest BCUT2D eigenvalue weighted by Gasteiger charge is -2.61. The minimum Gasteiger partial charge on any atom is -0.309 e. The van der Waals surface area contributed by atoms with Crippen LogP contribution in [-0.4, -0.2) is 0 Å². The predicted molar refractivity (Wildman–Crippen MR) is 273 cm³/mol. The lowest BCUT2D eigenvalue weighted by Crippen LogP contribution is -2.55. The molecule has 0 amide bonds. The van der Waals surface area contributed by atoms with E-state index in [9.17, 15) is 0 Å². The average Bonchev–Trinajstić information content (AvgIpc) is 3.86. The predicted octanol–water partition coefficient (Wildman–Crippen LogP) is 16.6. The van der Waals surface area contributed by atoms with Gasteiger partial charge in [0.15, 0.2) is 0 Å². The van der Waals surface area contributed by atoms with E-state index in [0.29, 0.717) is 11.8 Å². The van der Waals surface area contributed by atoms with Crippen molar-refractivity contribution in [1.82, 2.24) is 0 Å². The van der Waals surface area contributed by atoms with E-state index in [-0.39, 0.29) is 5.41 Å². The van der Waals surface area contributed by atoms with Gasteiger partial charge in [-0.2, -0.15) is 0 Å². The molecule has 0 radical (unpaired) electrons. The Labute approximate surface area is 389 Å². The summed E-state index contributed by atoms with van der Waals surface area (Å²) in [5, 5.41) is 0. The Morgan fingerprint density at radius 2 is 0.788 bits per heavy atom. The molecular formula is C65H51N. The summed E-state index contributed by atoms with van der Waals surface area (Å²) in [6.07, 6.45) is 6.97. The molecule has 4 fully saturated rings. The first-order valence-corrected chi connectivity index (χ1v) is 24.4. The molecular weight excluding hydrogens is 795 g/mol. The summed E-state index contributed by atoms with van der Waals surface area (Å²) in [7, 11) is 0. The fraction of sp³-hybridized carbons (Fsp3) is 0.169. The Bertz CT molecular complexity index is 3240. The second-order valence-electron chi connectivity index (χ2n) is 19.9. The van der Waals surface area contributed by atoms with Gasteiger partial charge < -0.3 is 4.90 Å². The van der Waals surface area contributed by atoms with Crippen LogP contribution in [0.3, 0.4) is 0 Å². The van der Waals surface area contributed by atoms with Crippen LogP contribution >= 0.6 is 0 Å². The number of nitrogens with zero attached hydrogens (tertiary/aromatic N) is 1. The fourth-order valence-corrected chi connectivity index (χ4v) is 14.8. The zero-order valence-corrected chi connectivity index (χ0v) is 37.2. The van der Waals surface area contributed by atoms with Gasteiger partial charge in [-0.15, -0.1) is 0 Å². The Hall–Kier alpha value is -7.22. The molecule has 0 unspecified atom stereocenters. The van der Waals surface area contributed by atoms with Crippen LogP contribution in [0.15, 0.2) is 224 Å². The van der Waals surface area contributed by atoms with E-state index >= 15 is 0 Å². The van der Waals surface area contributed by atoms with Gasteiger partial charge in [0.25, 0.3) is 0 Å². The largest absolute Gasteiger partial charge is 0.309 e. The second kappa shape index (κ2) is 14.6. The summed E-state index contributed by atoms with van der Waals surface area (Å²) in [6, 6.07) is 84.9. The van der Waals surface area contributed by atoms with Crippen LogP contribution in [0.4, 0.5) is 17.1 Å². The highest BCUT2D eigenvalue weighted by Gasteiger charge is 2.61. The molecule has 0 atom stereocenters. The van der Waals surface area contributed by atoms with Gasteiger partial charge in [0.05, 0.1) is 16.8 Å². The van der Waals surface area contributed by atoms with E-state index in [1.165, 1.54) is 110 Å². The Morgan fingerprint density at radius 1 is 0.318 bits per heavy atom. The molecule has 1 nitrogen and oxygen atoms in total. The van der Waals surface area contributed by atoms with Crippen LogP contribution in [-0.2, 0) is 10.8 Å². The lowest BCUT2D eigenvalue weighted by molar-refractivity contribution is -0.0399. The van der Waals surface area contributed by atoms with E-state index < -0.39 is 5.41 Å². The lowest BCUT2D eigenvalue weighted by atomic mass is 9.43. The van der Waals surface area contributed by atoms with Gasteiger partial charge >= 0.3 is 0 Å². The monoisotopic (exact) mass is 845 g/mol. The second-order valence-corrected chi connectivity index (χ2v) is 19.9. The van der Waals surface area contributed by atoms with Crippen molar-refractivity contribution in [2.75, 3.05) is 4.90 Å². The average molecular weight is 846 g/mol. The number of para-hydroxylation sites is 1. The smallest absolute Gasteiger partial charge is 0.0714 e. The summed E-state index contributed by atoms with van der Waals surface area (Å²) in [5.74, 6) is 3.23. The van der Waals surface area contributed by atoms with Crippen molar-refractivity contribution in [3.63, 3.8) is 0 Å². The highest BCUT2D eigenvalue weighted by Crippen LogP contribution is 2.70. The molecule has 9 aromatic rings. The third-order valence-electron chi connectivity index (χ3n) is 16.9. The minimum atomic E-state index is -0.510. The molecule has 0 heterocycles. The van der Waals surface area contributed by atoms with Crippen LogP contribution in [0, 0.1) is 23.7 Å². The summed E-state index contributed by atoms with van der Waals surface area (Å²) in [6.45, 7) is 0. The highest BCUT2D eigenvalue weighted by molar-refractivity contribution is 6.02. The number of anilines is 3. The van der Waals surface area contributed by atoms with E-state index in [4.69, 9.17) is 0 Å². The number of rotatable bonds is 7. The van der Waals surface area contributed by atoms with Crippen molar-refractivity contribution in [3.05, 3.63) is 258 Å². The van der Waals surface area contributed by atoms with Gasteiger partial charge in [-0.05, 0) is 147 Å². The first-order chi connectivity index (χ1) is 32.7. The zero-order chi connectivity index (χ0) is 43.4. The van der Waals surface area contributed by atoms with Crippen molar-refractivity contribution in [3.8, 4) is 44.5 Å². The molecule has 9 aromatic carbocycles. The molecule has 316 valence electrons. The molecule has 1 spiro atoms. The van der Waals surface area contributed by atoms with Gasteiger partial charge in [-0.25, -0.2) is 0 Å². The molecule has 15 rings (SSSR count). The quantitative estimate of drug-likeness (QED) is 0.154. The van der Waals surface area contributed by atoms with Gasteiger partial charge in [-0.1, -0.05) is 200 Å². The van der Waals surface area contributed by atoms with E-state index in [1.807, 2.05) is 0 Å². The fourth-order valence-electron chi connectivity index (χ4n) is 14.8. The van der Waals surface area contributed by atoms with Crippen molar-refractivity contribution < 1.29 is 0 Å². The molecule has 0 saturated heterocycles. The number of hydrogen-bond acceptors (Lipinski definition) is 1. The Balaban J connectivity index is 1.03. The molecule has 0 N–H and O–H groups in total. The molecule has 66 heavy (non-hydrogen) atoms. The molecule has 4 bridgehead atoms. The molecule has 6 aliphatic rings. The third-order valence-corrected chi connectivity index (χ3v) is 16.9. The van der Waals surface area contributed by atoms with Gasteiger partial charge in [0, 0.05) is 22.2 Å². The third kappa shape index (κ3) is 5.23. The van der Waals surface area contributed by atoms with Crippen molar-refractivity contribution >= 4 is 17.1 Å². The number of hydrogen-bond donors (Lipinski definition) is 0. The SMILES string of the molecule is c1ccc(-c2ccc(N(c3ccccc3-c3cccc4c3-c3ccccc3C43C4CC5CC(C4)CC3C5)c3cccc4c3-c3ccccc3C4(c3ccccc3)c3ccccc3)cc2)cc1. The summed E-state index contributed by atoms with van der Waals surface area (Å²) in [5.41, 5.74) is 21.9. The maximum Gasteiger partial charge on any atom is 0.0714 e. The van der Waals surface area contributed by atoms with Gasteiger partial charge in [0.1, 0.15) is 0 Å². The zero-order valence-electron chi connectivity index (χ0n) is 37.2. The van der Waals surface area contributed by atoms with Crippen LogP contribution in [0.2, 0.25) is 0 Å². The van der Waals surface area contributed by atoms with Gasteiger partial charge in [0.2, 0.25) is 0 Å². The first-order valence-electron chi connectivity index (χ1n) is 24.4. The topological polar surface area (TPSA) is 3.24 Å². The molecule has 6 aliphatic carbocycles. The summed E-state index contributed by atoms with van der Waals surface area (Å²) >= 11 is 0. The van der Waals surface area contributed by atoms with Crippen molar-refractivity contribution in [2.45, 2.75) is 42.9 Å². The Morgan fingerprint density at radius 3 is 1.45 bits per heavy atom. The molecule has 1 heteroatoms. The maximum atomic E-state index is 2.59. The number of benzene rings is 9. The summed E-state index contributed by atoms with van der Waals surface area (Å²) in [4.78, 5) is 2.59. The highest BCUT2D eigenvalue weighted by atomic mass is 15.1.